The second-order valence-corrected chi connectivity index (χ2v) is 15.8. The summed E-state index contributed by atoms with van der Waals surface area (Å²) in [5.41, 5.74) is 3.17. The van der Waals surface area contributed by atoms with Crippen LogP contribution < -0.4 is 14.5 Å². The van der Waals surface area contributed by atoms with Crippen molar-refractivity contribution in [2.24, 2.45) is 28.0 Å². The number of aromatic hydroxyl groups is 1. The molecule has 1 saturated carbocycles. The number of rotatable bonds is 7. The number of alkyl halides is 3. The fourth-order valence-electron chi connectivity index (χ4n) is 7.92. The fraction of sp³-hybridized carbons (Fsp3) is 0.333. The van der Waals surface area contributed by atoms with E-state index in [2.05, 4.69) is 42.1 Å². The number of hydrogen-bond acceptors (Lipinski definition) is 9. The lowest BCUT2D eigenvalue weighted by Gasteiger charge is -2.50. The van der Waals surface area contributed by atoms with Crippen LogP contribution in [0.5, 0.6) is 11.5 Å². The first kappa shape index (κ1) is 35.6. The minimum atomic E-state index is -2.07. The predicted octanol–water partition coefficient (Wildman–Crippen LogP) is 7.56. The summed E-state index contributed by atoms with van der Waals surface area (Å²) in [6.07, 6.45) is 1.80. The van der Waals surface area contributed by atoms with E-state index in [1.165, 1.54) is 7.11 Å². The molecule has 11 nitrogen and oxygen atoms in total. The number of phenols is 1. The highest BCUT2D eigenvalue weighted by Gasteiger charge is 2.76. The molecule has 1 N–H and O–H groups in total. The van der Waals surface area contributed by atoms with Gasteiger partial charge in [0.25, 0.3) is 11.8 Å². The van der Waals surface area contributed by atoms with Gasteiger partial charge in [-0.15, -0.1) is 23.2 Å². The van der Waals surface area contributed by atoms with Gasteiger partial charge in [0.05, 0.1) is 41.5 Å². The smallest absolute Gasteiger partial charge is 0.254 e. The molecule has 264 valence electrons. The summed E-state index contributed by atoms with van der Waals surface area (Å²) in [6.45, 7) is 0. The van der Waals surface area contributed by atoms with E-state index in [0.717, 1.165) is 15.5 Å². The Morgan fingerprint density at radius 2 is 1.57 bits per heavy atom. The summed E-state index contributed by atoms with van der Waals surface area (Å²) in [5.74, 6) is -6.04. The number of carbonyl (C=O) groups excluding carboxylic acids is 4. The zero-order valence-corrected chi connectivity index (χ0v) is 32.2. The summed E-state index contributed by atoms with van der Waals surface area (Å²) in [5, 5.41) is 20.0. The molecule has 3 aromatic rings. The van der Waals surface area contributed by atoms with Gasteiger partial charge in [-0.1, -0.05) is 43.5 Å². The molecule has 4 amide bonds. The number of anilines is 2. The van der Waals surface area contributed by atoms with Crippen molar-refractivity contribution in [1.82, 2.24) is 4.90 Å². The topological polar surface area (TPSA) is 132 Å². The van der Waals surface area contributed by atoms with Crippen molar-refractivity contribution in [3.8, 4) is 11.5 Å². The van der Waals surface area contributed by atoms with Crippen LogP contribution in [0.2, 0.25) is 0 Å². The van der Waals surface area contributed by atoms with Crippen LogP contribution in [0, 0.1) is 17.8 Å². The number of fused-ring (bicyclic) bond motifs is 4. The Balaban J connectivity index is 1.24. The van der Waals surface area contributed by atoms with Gasteiger partial charge in [-0.2, -0.15) is 10.2 Å². The van der Waals surface area contributed by atoms with Gasteiger partial charge in [-0.25, -0.2) is 0 Å². The molecular weight excluding hydrogens is 829 g/mol. The van der Waals surface area contributed by atoms with Crippen molar-refractivity contribution in [3.63, 3.8) is 0 Å². The molecule has 2 aliphatic carbocycles. The van der Waals surface area contributed by atoms with Crippen molar-refractivity contribution in [3.05, 3.63) is 82.3 Å². The number of carbonyl (C=O) groups is 4. The molecule has 2 heterocycles. The van der Waals surface area contributed by atoms with E-state index in [-0.39, 0.29) is 41.3 Å². The van der Waals surface area contributed by atoms with Gasteiger partial charge in [0.2, 0.25) is 11.8 Å². The summed E-state index contributed by atoms with van der Waals surface area (Å²) >= 11 is 21.3. The van der Waals surface area contributed by atoms with Crippen molar-refractivity contribution in [2.45, 2.75) is 28.5 Å². The minimum absolute atomic E-state index is 0.105. The molecule has 4 aliphatic rings. The maximum Gasteiger partial charge on any atom is 0.254 e. The van der Waals surface area contributed by atoms with Crippen molar-refractivity contribution < 1.29 is 29.0 Å². The van der Waals surface area contributed by atoms with Crippen LogP contribution in [0.25, 0.3) is 0 Å². The third-order valence-electron chi connectivity index (χ3n) is 10.4. The van der Waals surface area contributed by atoms with Crippen LogP contribution in [-0.2, 0) is 19.2 Å². The predicted molar refractivity (Wildman–Crippen MR) is 200 cm³/mol. The average Bonchev–Trinajstić information content (AvgIpc) is 3.45. The van der Waals surface area contributed by atoms with Crippen LogP contribution in [0.15, 0.2) is 87.0 Å². The number of methoxy groups -OCH3 is 1. The molecule has 3 aromatic carbocycles. The molecule has 3 fully saturated rings. The summed E-state index contributed by atoms with van der Waals surface area (Å²) < 4.78 is 5.93. The average molecular weight is 860 g/mol. The lowest BCUT2D eigenvalue weighted by atomic mass is 9.56. The number of nitrogens with zero attached hydrogens (tertiary/aromatic N) is 5. The zero-order chi connectivity index (χ0) is 36.6. The van der Waals surface area contributed by atoms with E-state index in [9.17, 15) is 24.3 Å². The van der Waals surface area contributed by atoms with Crippen LogP contribution >= 0.6 is 55.1 Å². The first-order valence-electron chi connectivity index (χ1n) is 16.0. The van der Waals surface area contributed by atoms with E-state index < -0.39 is 51.1 Å². The van der Waals surface area contributed by atoms with Crippen LogP contribution in [0.1, 0.15) is 24.3 Å². The Bertz CT molecular complexity index is 2040. The number of likely N-dealkylation sites (tertiary alicyclic amines) is 1. The van der Waals surface area contributed by atoms with Gasteiger partial charge in [-0.05, 0) is 79.4 Å². The van der Waals surface area contributed by atoms with E-state index in [4.69, 9.17) is 27.9 Å². The van der Waals surface area contributed by atoms with Gasteiger partial charge in [0.15, 0.2) is 21.2 Å². The Hall–Kier alpha value is -3.78. The lowest BCUT2D eigenvalue weighted by Crippen LogP contribution is -2.60. The molecule has 0 bridgehead atoms. The van der Waals surface area contributed by atoms with Crippen molar-refractivity contribution in [2.75, 3.05) is 36.5 Å². The summed E-state index contributed by atoms with van der Waals surface area (Å²) in [7, 11) is 5.29. The first-order valence-corrected chi connectivity index (χ1v) is 18.7. The monoisotopic (exact) mass is 857 g/mol. The standard InChI is InChI=1S/C36H31Br2Cl2N5O6/c1-43(2)21-8-4-19(5-9-21)41-42-20-6-10-22(11-7-20)45-31(47)24-13-12-23-26(28(24)32(45)48)16-35(39)33(49)44(17-37)34(50)36(35,40)29(23)25-14-18(38)15-27(51-3)30(25)46/h4-12,14-15,24,26,28-29,46H,13,16-17H2,1-3H3/t24-,26+,28-,29+,35+,36-/m0/s1. The summed E-state index contributed by atoms with van der Waals surface area (Å²) in [6, 6.07) is 17.4. The quantitative estimate of drug-likeness (QED) is 0.0853. The van der Waals surface area contributed by atoms with E-state index >= 15 is 0 Å². The molecule has 0 aromatic heterocycles. The maximum atomic E-state index is 14.4. The van der Waals surface area contributed by atoms with Crippen LogP contribution in [0.4, 0.5) is 22.7 Å². The number of azo groups is 1. The van der Waals surface area contributed by atoms with E-state index in [0.29, 0.717) is 27.1 Å². The Morgan fingerprint density at radius 3 is 2.16 bits per heavy atom. The second kappa shape index (κ2) is 13.0. The number of halogens is 4. The number of phenolic OH excluding ortho intramolecular Hbond substituents is 1. The number of ether oxygens (including phenoxy) is 1. The molecule has 0 radical (unpaired) electrons. The molecule has 0 spiro atoms. The third kappa shape index (κ3) is 5.33. The normalized spacial score (nSPS) is 28.6. The first-order chi connectivity index (χ1) is 24.3. The Labute approximate surface area is 320 Å². The maximum absolute atomic E-state index is 14.4. The van der Waals surface area contributed by atoms with E-state index in [1.54, 1.807) is 36.4 Å². The second-order valence-electron chi connectivity index (χ2n) is 13.2. The molecule has 15 heteroatoms. The fourth-order valence-corrected chi connectivity index (χ4v) is 9.80. The Kier molecular flexibility index (Phi) is 9.09. The lowest BCUT2D eigenvalue weighted by molar-refractivity contribution is -0.138. The number of allylic oxidation sites excluding steroid dienone is 2. The third-order valence-corrected chi connectivity index (χ3v) is 12.7. The van der Waals surface area contributed by atoms with Gasteiger partial charge >= 0.3 is 0 Å². The molecule has 7 rings (SSSR count). The highest BCUT2D eigenvalue weighted by molar-refractivity contribution is 9.10. The van der Waals surface area contributed by atoms with E-state index in [1.807, 2.05) is 49.3 Å². The molecule has 2 saturated heterocycles. The van der Waals surface area contributed by atoms with Crippen molar-refractivity contribution >= 4 is 101 Å². The van der Waals surface area contributed by atoms with Gasteiger partial charge < -0.3 is 14.7 Å². The molecular formula is C36H31Br2Cl2N5O6. The number of imide groups is 2. The van der Waals surface area contributed by atoms with Gasteiger partial charge in [-0.3, -0.25) is 29.0 Å². The summed E-state index contributed by atoms with van der Waals surface area (Å²) in [4.78, 5) is 56.4. The number of amides is 4. The molecule has 6 atom stereocenters. The van der Waals surface area contributed by atoms with Crippen molar-refractivity contribution in [1.29, 1.82) is 0 Å². The molecule has 51 heavy (non-hydrogen) atoms. The number of hydrogen-bond donors (Lipinski definition) is 1. The Morgan fingerprint density at radius 1 is 0.941 bits per heavy atom. The van der Waals surface area contributed by atoms with Crippen LogP contribution in [0.3, 0.4) is 0 Å². The van der Waals surface area contributed by atoms with Gasteiger partial charge in [0.1, 0.15) is 0 Å². The molecule has 0 unspecified atom stereocenters. The molecule has 2 aliphatic heterocycles. The van der Waals surface area contributed by atoms with Gasteiger partial charge in [0, 0.05) is 35.7 Å². The largest absolute Gasteiger partial charge is 0.504 e. The van der Waals surface area contributed by atoms with Crippen LogP contribution in [-0.4, -0.2) is 70.0 Å². The SMILES string of the molecule is COc1cc(Br)cc([C@H]2C3=CC[C@@H]4C(=O)N(c5ccc(N=Nc6ccc(N(C)C)cc6)cc5)C(=O)[C@@H]4[C@@H]3C[C@@]3(Cl)C(=O)N(CBr)C(=O)[C@@]23Cl)c1O. The highest BCUT2D eigenvalue weighted by Crippen LogP contribution is 2.66. The minimum Gasteiger partial charge on any atom is -0.504 e. The highest BCUT2D eigenvalue weighted by atomic mass is 79.9. The number of benzene rings is 3. The zero-order valence-electron chi connectivity index (χ0n) is 27.5.